The predicted molar refractivity (Wildman–Crippen MR) is 85.2 cm³/mol. The van der Waals surface area contributed by atoms with E-state index >= 15 is 0 Å². The standard InChI is InChI=1S/C11H16N2OS.2C2H6/c1-9-7-10(15-8-9)11(14)13-5-3-12(2)4-6-13;2*1-2/h7-8H,3-6H2,1-2H3;2*1-2H3. The maximum Gasteiger partial charge on any atom is 0.264 e. The highest BCUT2D eigenvalue weighted by molar-refractivity contribution is 7.12. The van der Waals surface area contributed by atoms with Crippen molar-refractivity contribution in [2.45, 2.75) is 34.6 Å². The first-order valence-electron chi connectivity index (χ1n) is 7.20. The molecule has 0 radical (unpaired) electrons. The summed E-state index contributed by atoms with van der Waals surface area (Å²) in [6.45, 7) is 13.7. The van der Waals surface area contributed by atoms with Gasteiger partial charge in [0.05, 0.1) is 4.88 Å². The molecule has 110 valence electrons. The Hall–Kier alpha value is -0.870. The molecule has 0 bridgehead atoms. The quantitative estimate of drug-likeness (QED) is 0.788. The van der Waals surface area contributed by atoms with E-state index in [0.29, 0.717) is 0 Å². The van der Waals surface area contributed by atoms with Crippen LogP contribution in [-0.4, -0.2) is 48.9 Å². The zero-order chi connectivity index (χ0) is 14.8. The molecule has 2 heterocycles. The van der Waals surface area contributed by atoms with Gasteiger partial charge in [0.15, 0.2) is 0 Å². The van der Waals surface area contributed by atoms with Crippen LogP contribution in [0.5, 0.6) is 0 Å². The second-order valence-electron chi connectivity index (χ2n) is 4.08. The molecule has 1 amide bonds. The molecule has 0 N–H and O–H groups in total. The molecule has 1 fully saturated rings. The number of amides is 1. The van der Waals surface area contributed by atoms with Gasteiger partial charge in [-0.05, 0) is 31.0 Å². The fourth-order valence-corrected chi connectivity index (χ4v) is 2.57. The molecule has 0 spiro atoms. The van der Waals surface area contributed by atoms with Gasteiger partial charge in [-0.3, -0.25) is 4.79 Å². The van der Waals surface area contributed by atoms with Gasteiger partial charge in [0.25, 0.3) is 5.91 Å². The normalized spacial score (nSPS) is 14.9. The molecular formula is C15H28N2OS. The van der Waals surface area contributed by atoms with Crippen LogP contribution in [0.2, 0.25) is 0 Å². The zero-order valence-electron chi connectivity index (χ0n) is 13.2. The Balaban J connectivity index is 0.000000741. The van der Waals surface area contributed by atoms with E-state index in [0.717, 1.165) is 31.1 Å². The molecule has 19 heavy (non-hydrogen) atoms. The van der Waals surface area contributed by atoms with E-state index in [2.05, 4.69) is 11.9 Å². The van der Waals surface area contributed by atoms with E-state index in [9.17, 15) is 4.79 Å². The van der Waals surface area contributed by atoms with Crippen LogP contribution in [0.15, 0.2) is 11.4 Å². The lowest BCUT2D eigenvalue weighted by molar-refractivity contribution is 0.0669. The number of thiophene rings is 1. The van der Waals surface area contributed by atoms with Gasteiger partial charge in [0, 0.05) is 26.2 Å². The summed E-state index contributed by atoms with van der Waals surface area (Å²) < 4.78 is 0. The fraction of sp³-hybridized carbons (Fsp3) is 0.667. The number of nitrogens with zero attached hydrogens (tertiary/aromatic N) is 2. The van der Waals surface area contributed by atoms with Crippen LogP contribution in [0.3, 0.4) is 0 Å². The van der Waals surface area contributed by atoms with Crippen molar-refractivity contribution in [1.29, 1.82) is 0 Å². The number of carbonyl (C=O) groups is 1. The molecule has 0 atom stereocenters. The molecule has 3 nitrogen and oxygen atoms in total. The minimum Gasteiger partial charge on any atom is -0.335 e. The Morgan fingerprint density at radius 1 is 1.11 bits per heavy atom. The van der Waals surface area contributed by atoms with Gasteiger partial charge >= 0.3 is 0 Å². The molecule has 1 aliphatic heterocycles. The van der Waals surface area contributed by atoms with Crippen LogP contribution in [0.25, 0.3) is 0 Å². The van der Waals surface area contributed by atoms with E-state index < -0.39 is 0 Å². The Labute approximate surface area is 122 Å². The summed E-state index contributed by atoms with van der Waals surface area (Å²) in [4.78, 5) is 17.1. The predicted octanol–water partition coefficient (Wildman–Crippen LogP) is 3.50. The summed E-state index contributed by atoms with van der Waals surface area (Å²) in [7, 11) is 2.09. The lowest BCUT2D eigenvalue weighted by Crippen LogP contribution is -2.46. The van der Waals surface area contributed by atoms with Gasteiger partial charge < -0.3 is 9.80 Å². The molecule has 1 aromatic rings. The third kappa shape index (κ3) is 5.74. The van der Waals surface area contributed by atoms with E-state index in [4.69, 9.17) is 0 Å². The van der Waals surface area contributed by atoms with E-state index in [1.54, 1.807) is 11.3 Å². The van der Waals surface area contributed by atoms with Crippen LogP contribution >= 0.6 is 11.3 Å². The Bertz CT molecular complexity index is 355. The lowest BCUT2D eigenvalue weighted by Gasteiger charge is -2.32. The first kappa shape index (κ1) is 18.1. The summed E-state index contributed by atoms with van der Waals surface area (Å²) in [5, 5.41) is 2.03. The summed E-state index contributed by atoms with van der Waals surface area (Å²) in [6, 6.07) is 1.98. The minimum atomic E-state index is 0.196. The smallest absolute Gasteiger partial charge is 0.264 e. The van der Waals surface area contributed by atoms with Crippen molar-refractivity contribution in [2.75, 3.05) is 33.2 Å². The summed E-state index contributed by atoms with van der Waals surface area (Å²) in [5.74, 6) is 0.196. The Morgan fingerprint density at radius 3 is 2.05 bits per heavy atom. The minimum absolute atomic E-state index is 0.196. The zero-order valence-corrected chi connectivity index (χ0v) is 14.0. The van der Waals surface area contributed by atoms with E-state index in [1.165, 1.54) is 5.56 Å². The fourth-order valence-electron chi connectivity index (χ4n) is 1.71. The van der Waals surface area contributed by atoms with Crippen molar-refractivity contribution in [3.05, 3.63) is 21.9 Å². The molecule has 2 rings (SSSR count). The third-order valence-electron chi connectivity index (χ3n) is 2.73. The molecule has 0 unspecified atom stereocenters. The number of piperazine rings is 1. The first-order valence-corrected chi connectivity index (χ1v) is 8.08. The molecule has 1 aromatic heterocycles. The second kappa shape index (κ2) is 9.98. The number of hydrogen-bond acceptors (Lipinski definition) is 3. The molecular weight excluding hydrogens is 256 g/mol. The Kier molecular flexibility index (Phi) is 9.53. The van der Waals surface area contributed by atoms with Crippen molar-refractivity contribution < 1.29 is 4.79 Å². The van der Waals surface area contributed by atoms with E-state index in [-0.39, 0.29) is 5.91 Å². The van der Waals surface area contributed by atoms with Crippen LogP contribution in [-0.2, 0) is 0 Å². The number of hydrogen-bond donors (Lipinski definition) is 0. The first-order chi connectivity index (χ1) is 9.16. The highest BCUT2D eigenvalue weighted by Crippen LogP contribution is 2.16. The largest absolute Gasteiger partial charge is 0.335 e. The van der Waals surface area contributed by atoms with Crippen LogP contribution in [0.4, 0.5) is 0 Å². The van der Waals surface area contributed by atoms with Gasteiger partial charge in [0.1, 0.15) is 0 Å². The Morgan fingerprint density at radius 2 is 1.63 bits per heavy atom. The van der Waals surface area contributed by atoms with Gasteiger partial charge in [-0.2, -0.15) is 0 Å². The molecule has 1 aliphatic rings. The molecule has 1 saturated heterocycles. The van der Waals surface area contributed by atoms with Gasteiger partial charge in [-0.25, -0.2) is 0 Å². The maximum absolute atomic E-state index is 12.0. The topological polar surface area (TPSA) is 23.6 Å². The van der Waals surface area contributed by atoms with E-state index in [1.807, 2.05) is 51.0 Å². The van der Waals surface area contributed by atoms with Crippen molar-refractivity contribution in [2.24, 2.45) is 0 Å². The number of rotatable bonds is 1. The highest BCUT2D eigenvalue weighted by Gasteiger charge is 2.20. The van der Waals surface area contributed by atoms with Crippen molar-refractivity contribution in [1.82, 2.24) is 9.80 Å². The van der Waals surface area contributed by atoms with Gasteiger partial charge in [0.2, 0.25) is 0 Å². The second-order valence-corrected chi connectivity index (χ2v) is 5.00. The average molecular weight is 284 g/mol. The van der Waals surface area contributed by atoms with Crippen molar-refractivity contribution in [3.8, 4) is 0 Å². The maximum atomic E-state index is 12.0. The highest BCUT2D eigenvalue weighted by atomic mass is 32.1. The average Bonchev–Trinajstić information content (AvgIpc) is 2.90. The third-order valence-corrected chi connectivity index (χ3v) is 3.77. The monoisotopic (exact) mass is 284 g/mol. The summed E-state index contributed by atoms with van der Waals surface area (Å²) in [5.41, 5.74) is 1.18. The van der Waals surface area contributed by atoms with Crippen LogP contribution < -0.4 is 0 Å². The molecule has 4 heteroatoms. The number of carbonyl (C=O) groups excluding carboxylic acids is 1. The van der Waals surface area contributed by atoms with Crippen LogP contribution in [0, 0.1) is 6.92 Å². The van der Waals surface area contributed by atoms with Gasteiger partial charge in [-0.1, -0.05) is 27.7 Å². The summed E-state index contributed by atoms with van der Waals surface area (Å²) >= 11 is 1.55. The SMILES string of the molecule is CC.CC.Cc1csc(C(=O)N2CCN(C)CC2)c1. The van der Waals surface area contributed by atoms with Crippen molar-refractivity contribution >= 4 is 17.2 Å². The number of likely N-dealkylation sites (N-methyl/N-ethyl adjacent to an activating group) is 1. The molecule has 0 saturated carbocycles. The van der Waals surface area contributed by atoms with Crippen molar-refractivity contribution in [3.63, 3.8) is 0 Å². The number of aryl methyl sites for hydroxylation is 1. The lowest BCUT2D eigenvalue weighted by atomic mass is 10.3. The van der Waals surface area contributed by atoms with Gasteiger partial charge in [-0.15, -0.1) is 11.3 Å². The summed E-state index contributed by atoms with van der Waals surface area (Å²) in [6.07, 6.45) is 0. The van der Waals surface area contributed by atoms with Crippen LogP contribution in [0.1, 0.15) is 42.9 Å². The molecule has 0 aliphatic carbocycles. The molecule has 0 aromatic carbocycles.